The molecule has 2 aromatic rings. The number of nitrogens with zero attached hydrogens (tertiary/aromatic N) is 3. The Bertz CT molecular complexity index is 684. The molecule has 0 fully saturated rings. The first-order chi connectivity index (χ1) is 10.7. The van der Waals surface area contributed by atoms with E-state index in [2.05, 4.69) is 9.97 Å². The predicted octanol–water partition coefficient (Wildman–Crippen LogP) is 2.57. The summed E-state index contributed by atoms with van der Waals surface area (Å²) in [6.07, 6.45) is 3.30. The van der Waals surface area contributed by atoms with Crippen molar-refractivity contribution in [3.8, 4) is 0 Å². The van der Waals surface area contributed by atoms with E-state index < -0.39 is 0 Å². The minimum absolute atomic E-state index is 0.306. The largest absolute Gasteiger partial charge is 0.277 e. The van der Waals surface area contributed by atoms with Gasteiger partial charge in [-0.3, -0.25) is 14.5 Å². The van der Waals surface area contributed by atoms with Gasteiger partial charge in [-0.2, -0.15) is 0 Å². The Labute approximate surface area is 135 Å². The first-order valence-electron chi connectivity index (χ1n) is 6.41. The van der Waals surface area contributed by atoms with Crippen LogP contribution in [0.4, 0.5) is 0 Å². The summed E-state index contributed by atoms with van der Waals surface area (Å²) in [5.41, 5.74) is 0. The molecule has 0 saturated heterocycles. The Morgan fingerprint density at radius 1 is 0.818 bits per heavy atom. The molecular formula is C15H11N3O2S2. The summed E-state index contributed by atoms with van der Waals surface area (Å²) in [7, 11) is 1.48. The second kappa shape index (κ2) is 6.33. The van der Waals surface area contributed by atoms with E-state index in [1.807, 2.05) is 12.1 Å². The summed E-state index contributed by atoms with van der Waals surface area (Å²) in [5, 5.41) is 1.35. The van der Waals surface area contributed by atoms with Gasteiger partial charge in [-0.1, -0.05) is 35.7 Å². The fourth-order valence-electron chi connectivity index (χ4n) is 1.80. The Hall–Kier alpha value is -2.12. The zero-order valence-corrected chi connectivity index (χ0v) is 13.2. The molecule has 2 aromatic heterocycles. The molecule has 110 valence electrons. The summed E-state index contributed by atoms with van der Waals surface area (Å²) in [4.78, 5) is 34.9. The number of carbonyl (C=O) groups is 2. The molecule has 0 saturated carbocycles. The zero-order chi connectivity index (χ0) is 15.5. The average molecular weight is 329 g/mol. The normalized spacial score (nSPS) is 14.9. The van der Waals surface area contributed by atoms with E-state index in [-0.39, 0.29) is 11.8 Å². The number of rotatable bonds is 4. The van der Waals surface area contributed by atoms with Crippen molar-refractivity contribution in [2.24, 2.45) is 0 Å². The van der Waals surface area contributed by atoms with Crippen LogP contribution in [0.1, 0.15) is 0 Å². The fraction of sp³-hybridized carbons (Fsp3) is 0.0667. The first-order valence-corrected chi connectivity index (χ1v) is 8.04. The second-order valence-electron chi connectivity index (χ2n) is 4.37. The van der Waals surface area contributed by atoms with Crippen molar-refractivity contribution in [3.05, 3.63) is 58.6 Å². The Morgan fingerprint density at radius 3 is 1.64 bits per heavy atom. The quantitative estimate of drug-likeness (QED) is 0.804. The van der Waals surface area contributed by atoms with Crippen molar-refractivity contribution in [1.29, 1.82) is 0 Å². The van der Waals surface area contributed by atoms with Gasteiger partial charge in [-0.25, -0.2) is 9.97 Å². The number of hydrogen-bond acceptors (Lipinski definition) is 6. The third kappa shape index (κ3) is 2.90. The summed E-state index contributed by atoms with van der Waals surface area (Å²) in [6, 6.07) is 10.9. The van der Waals surface area contributed by atoms with Crippen molar-refractivity contribution >= 4 is 35.3 Å². The number of amides is 2. The fourth-order valence-corrected chi connectivity index (χ4v) is 3.79. The van der Waals surface area contributed by atoms with E-state index in [0.717, 1.165) is 4.90 Å². The van der Waals surface area contributed by atoms with E-state index in [1.165, 1.54) is 30.6 Å². The zero-order valence-electron chi connectivity index (χ0n) is 11.6. The van der Waals surface area contributed by atoms with Crippen LogP contribution < -0.4 is 0 Å². The van der Waals surface area contributed by atoms with Crippen molar-refractivity contribution in [3.63, 3.8) is 0 Å². The van der Waals surface area contributed by atoms with Gasteiger partial charge in [0.05, 0.1) is 9.81 Å². The molecule has 0 aromatic carbocycles. The van der Waals surface area contributed by atoms with Crippen LogP contribution in [0.2, 0.25) is 0 Å². The van der Waals surface area contributed by atoms with Crippen molar-refractivity contribution in [2.75, 3.05) is 7.05 Å². The van der Waals surface area contributed by atoms with Gasteiger partial charge in [0, 0.05) is 19.4 Å². The molecule has 0 radical (unpaired) electrons. The lowest BCUT2D eigenvalue weighted by molar-refractivity contribution is -0.135. The molecule has 3 rings (SSSR count). The molecule has 0 aliphatic carbocycles. The third-order valence-electron chi connectivity index (χ3n) is 2.89. The lowest BCUT2D eigenvalue weighted by Gasteiger charge is -2.05. The van der Waals surface area contributed by atoms with E-state index in [0.29, 0.717) is 19.9 Å². The van der Waals surface area contributed by atoms with E-state index in [1.54, 1.807) is 36.7 Å². The van der Waals surface area contributed by atoms with Gasteiger partial charge in [0.25, 0.3) is 11.8 Å². The minimum atomic E-state index is -0.306. The van der Waals surface area contributed by atoms with Gasteiger partial charge < -0.3 is 0 Å². The molecule has 3 heterocycles. The van der Waals surface area contributed by atoms with Crippen molar-refractivity contribution in [1.82, 2.24) is 14.9 Å². The molecule has 2 amide bonds. The summed E-state index contributed by atoms with van der Waals surface area (Å²) in [6.45, 7) is 0. The van der Waals surface area contributed by atoms with Crippen LogP contribution in [0.5, 0.6) is 0 Å². The van der Waals surface area contributed by atoms with E-state index in [4.69, 9.17) is 0 Å². The monoisotopic (exact) mass is 329 g/mol. The maximum atomic E-state index is 12.3. The number of aromatic nitrogens is 2. The van der Waals surface area contributed by atoms with Crippen LogP contribution in [-0.4, -0.2) is 33.7 Å². The maximum absolute atomic E-state index is 12.3. The number of carbonyl (C=O) groups excluding carboxylic acids is 2. The first kappa shape index (κ1) is 14.8. The molecule has 7 heteroatoms. The number of imide groups is 1. The number of hydrogen-bond donors (Lipinski definition) is 0. The molecule has 0 N–H and O–H groups in total. The van der Waals surface area contributed by atoms with Crippen LogP contribution in [0.25, 0.3) is 0 Å². The highest BCUT2D eigenvalue weighted by Gasteiger charge is 2.37. The summed E-state index contributed by atoms with van der Waals surface area (Å²) >= 11 is 2.40. The smallest absolute Gasteiger partial charge is 0.268 e. The average Bonchev–Trinajstić information content (AvgIpc) is 2.75. The van der Waals surface area contributed by atoms with Gasteiger partial charge in [0.2, 0.25) is 0 Å². The highest BCUT2D eigenvalue weighted by Crippen LogP contribution is 2.40. The van der Waals surface area contributed by atoms with Crippen LogP contribution in [0.3, 0.4) is 0 Å². The Morgan fingerprint density at radius 2 is 1.27 bits per heavy atom. The molecule has 22 heavy (non-hydrogen) atoms. The van der Waals surface area contributed by atoms with E-state index >= 15 is 0 Å². The highest BCUT2D eigenvalue weighted by atomic mass is 32.2. The number of likely N-dealkylation sites (N-methyl/N-ethyl adjacent to an activating group) is 1. The molecule has 0 unspecified atom stereocenters. The van der Waals surface area contributed by atoms with Crippen LogP contribution in [0, 0.1) is 0 Å². The van der Waals surface area contributed by atoms with Crippen LogP contribution in [0.15, 0.2) is 68.7 Å². The van der Waals surface area contributed by atoms with Crippen molar-refractivity contribution < 1.29 is 9.59 Å². The van der Waals surface area contributed by atoms with Gasteiger partial charge in [-0.05, 0) is 24.3 Å². The van der Waals surface area contributed by atoms with Crippen molar-refractivity contribution in [2.45, 2.75) is 10.1 Å². The van der Waals surface area contributed by atoms with Gasteiger partial charge >= 0.3 is 0 Å². The minimum Gasteiger partial charge on any atom is -0.277 e. The molecule has 5 nitrogen and oxygen atoms in total. The SMILES string of the molecule is CN1C(=O)C(Sc2ccccn2)=C(Sc2ccccn2)C1=O. The number of pyridine rings is 2. The topological polar surface area (TPSA) is 63.2 Å². The highest BCUT2D eigenvalue weighted by molar-refractivity contribution is 8.08. The van der Waals surface area contributed by atoms with E-state index in [9.17, 15) is 9.59 Å². The van der Waals surface area contributed by atoms with Crippen LogP contribution in [-0.2, 0) is 9.59 Å². The third-order valence-corrected chi connectivity index (χ3v) is 5.09. The van der Waals surface area contributed by atoms with Gasteiger partial charge in [-0.15, -0.1) is 0 Å². The molecule has 1 aliphatic heterocycles. The Balaban J connectivity index is 1.96. The molecule has 0 bridgehead atoms. The molecule has 1 aliphatic rings. The second-order valence-corrected chi connectivity index (χ2v) is 6.43. The predicted molar refractivity (Wildman–Crippen MR) is 85.0 cm³/mol. The van der Waals surface area contributed by atoms with Gasteiger partial charge in [0.1, 0.15) is 10.1 Å². The molecular weight excluding hydrogens is 318 g/mol. The standard InChI is InChI=1S/C15H11N3O2S2/c1-18-14(19)12(21-10-6-2-4-8-16-10)13(15(18)20)22-11-7-3-5-9-17-11/h2-9H,1H3. The van der Waals surface area contributed by atoms with Gasteiger partial charge in [0.15, 0.2) is 0 Å². The summed E-state index contributed by atoms with van der Waals surface area (Å²) < 4.78 is 0. The molecule has 0 spiro atoms. The molecule has 0 atom stereocenters. The lowest BCUT2D eigenvalue weighted by atomic mass is 10.5. The number of thioether (sulfide) groups is 2. The summed E-state index contributed by atoms with van der Waals surface area (Å²) in [5.74, 6) is -0.613. The van der Waals surface area contributed by atoms with Crippen LogP contribution >= 0.6 is 23.5 Å². The maximum Gasteiger partial charge on any atom is 0.268 e. The Kier molecular flexibility index (Phi) is 4.26. The lowest BCUT2D eigenvalue weighted by Crippen LogP contribution is -2.26.